The first-order valence-corrected chi connectivity index (χ1v) is 8.36. The molecule has 0 bridgehead atoms. The van der Waals surface area contributed by atoms with Crippen molar-refractivity contribution in [2.75, 3.05) is 23.9 Å². The second-order valence-corrected chi connectivity index (χ2v) is 5.85. The van der Waals surface area contributed by atoms with Crippen LogP contribution in [0.25, 0.3) is 0 Å². The summed E-state index contributed by atoms with van der Waals surface area (Å²) in [6.07, 6.45) is 8.55. The molecule has 2 unspecified atom stereocenters. The predicted octanol–water partition coefficient (Wildman–Crippen LogP) is 3.62. The minimum atomic E-state index is 0.563. The van der Waals surface area contributed by atoms with E-state index in [1.165, 1.54) is 32.1 Å². The molecule has 1 aromatic heterocycles. The van der Waals surface area contributed by atoms with Gasteiger partial charge in [-0.15, -0.1) is 0 Å². The van der Waals surface area contributed by atoms with E-state index >= 15 is 0 Å². The Morgan fingerprint density at radius 3 is 2.68 bits per heavy atom. The molecule has 106 valence electrons. The highest BCUT2D eigenvalue weighted by Gasteiger charge is 2.23. The molecule has 2 N–H and O–H groups in total. The maximum Gasteiger partial charge on any atom is 0.191 e. The van der Waals surface area contributed by atoms with Crippen LogP contribution >= 0.6 is 11.8 Å². The second kappa shape index (κ2) is 6.98. The van der Waals surface area contributed by atoms with Crippen molar-refractivity contribution in [3.63, 3.8) is 0 Å². The monoisotopic (exact) mass is 280 g/mol. The van der Waals surface area contributed by atoms with Gasteiger partial charge in [0.1, 0.15) is 11.6 Å². The van der Waals surface area contributed by atoms with Crippen LogP contribution in [0.3, 0.4) is 0 Å². The minimum Gasteiger partial charge on any atom is -0.373 e. The van der Waals surface area contributed by atoms with Gasteiger partial charge in [0.05, 0.1) is 0 Å². The molecule has 0 aliphatic heterocycles. The van der Waals surface area contributed by atoms with Crippen molar-refractivity contribution in [1.82, 2.24) is 9.97 Å². The first-order chi connectivity index (χ1) is 9.26. The summed E-state index contributed by atoms with van der Waals surface area (Å²) in [7, 11) is 1.89. The lowest BCUT2D eigenvalue weighted by molar-refractivity contribution is 0.316. The fourth-order valence-electron chi connectivity index (χ4n) is 2.79. The lowest BCUT2D eigenvalue weighted by atomic mass is 9.83. The van der Waals surface area contributed by atoms with Gasteiger partial charge >= 0.3 is 0 Å². The molecular formula is C14H24N4S. The van der Waals surface area contributed by atoms with Crippen molar-refractivity contribution < 1.29 is 0 Å². The standard InChI is InChI=1S/C14H24N4S/c1-4-10-7-5-6-8-11(10)16-13-9-12(15-2)17-14(18-13)19-3/h9-11H,4-8H2,1-3H3,(H2,15,16,17,18). The lowest BCUT2D eigenvalue weighted by Gasteiger charge is -2.32. The van der Waals surface area contributed by atoms with Crippen LogP contribution in [0.5, 0.6) is 0 Å². The van der Waals surface area contributed by atoms with Gasteiger partial charge in [0.15, 0.2) is 5.16 Å². The van der Waals surface area contributed by atoms with Crippen molar-refractivity contribution >= 4 is 23.4 Å². The average molecular weight is 280 g/mol. The molecule has 2 rings (SSSR count). The Morgan fingerprint density at radius 2 is 2.00 bits per heavy atom. The number of nitrogens with one attached hydrogen (secondary N) is 2. The summed E-state index contributed by atoms with van der Waals surface area (Å²) in [4.78, 5) is 8.97. The third kappa shape index (κ3) is 3.75. The summed E-state index contributed by atoms with van der Waals surface area (Å²) in [5.41, 5.74) is 0. The molecule has 1 aliphatic rings. The molecule has 1 aromatic rings. The van der Waals surface area contributed by atoms with Crippen LogP contribution in [0.2, 0.25) is 0 Å². The molecule has 1 heterocycles. The largest absolute Gasteiger partial charge is 0.373 e. The number of hydrogen-bond donors (Lipinski definition) is 2. The molecule has 4 nitrogen and oxygen atoms in total. The molecule has 1 saturated carbocycles. The molecule has 0 amide bonds. The smallest absolute Gasteiger partial charge is 0.191 e. The highest BCUT2D eigenvalue weighted by Crippen LogP contribution is 2.29. The van der Waals surface area contributed by atoms with E-state index in [0.717, 1.165) is 22.7 Å². The summed E-state index contributed by atoms with van der Waals surface area (Å²) in [6.45, 7) is 2.29. The van der Waals surface area contributed by atoms with Gasteiger partial charge in [0.25, 0.3) is 0 Å². The van der Waals surface area contributed by atoms with Gasteiger partial charge in [0.2, 0.25) is 0 Å². The Bertz CT molecular complexity index is 388. The van der Waals surface area contributed by atoms with Crippen molar-refractivity contribution in [3.8, 4) is 0 Å². The summed E-state index contributed by atoms with van der Waals surface area (Å²) in [5, 5.41) is 7.54. The van der Waals surface area contributed by atoms with E-state index in [0.29, 0.717) is 6.04 Å². The van der Waals surface area contributed by atoms with Crippen molar-refractivity contribution in [1.29, 1.82) is 0 Å². The number of hydrogen-bond acceptors (Lipinski definition) is 5. The average Bonchev–Trinajstić information content (AvgIpc) is 2.47. The van der Waals surface area contributed by atoms with Gasteiger partial charge in [-0.05, 0) is 25.0 Å². The Labute approximate surface area is 120 Å². The first kappa shape index (κ1) is 14.4. The van der Waals surface area contributed by atoms with Crippen LogP contribution in [0, 0.1) is 5.92 Å². The van der Waals surface area contributed by atoms with Gasteiger partial charge in [-0.3, -0.25) is 0 Å². The summed E-state index contributed by atoms with van der Waals surface area (Å²) in [6, 6.07) is 2.56. The molecule has 1 fully saturated rings. The van der Waals surface area contributed by atoms with Gasteiger partial charge in [-0.25, -0.2) is 9.97 Å². The molecule has 19 heavy (non-hydrogen) atoms. The Hall–Kier alpha value is -0.970. The number of thioether (sulfide) groups is 1. The Kier molecular flexibility index (Phi) is 5.31. The predicted molar refractivity (Wildman–Crippen MR) is 83.0 cm³/mol. The van der Waals surface area contributed by atoms with Crippen LogP contribution in [0.15, 0.2) is 11.2 Å². The zero-order valence-corrected chi connectivity index (χ0v) is 12.9. The molecule has 0 spiro atoms. The summed E-state index contributed by atoms with van der Waals surface area (Å²) >= 11 is 1.58. The van der Waals surface area contributed by atoms with Crippen LogP contribution in [0.4, 0.5) is 11.6 Å². The minimum absolute atomic E-state index is 0.563. The first-order valence-electron chi connectivity index (χ1n) is 7.14. The summed E-state index contributed by atoms with van der Waals surface area (Å²) < 4.78 is 0. The van der Waals surface area contributed by atoms with Gasteiger partial charge in [-0.2, -0.15) is 0 Å². The van der Waals surface area contributed by atoms with E-state index in [1.54, 1.807) is 11.8 Å². The number of anilines is 2. The second-order valence-electron chi connectivity index (χ2n) is 5.08. The Balaban J connectivity index is 2.12. The Morgan fingerprint density at radius 1 is 1.26 bits per heavy atom. The molecule has 0 saturated heterocycles. The molecule has 5 heteroatoms. The van der Waals surface area contributed by atoms with E-state index in [-0.39, 0.29) is 0 Å². The fourth-order valence-corrected chi connectivity index (χ4v) is 3.17. The molecular weight excluding hydrogens is 256 g/mol. The fraction of sp³-hybridized carbons (Fsp3) is 0.714. The molecule has 2 atom stereocenters. The van der Waals surface area contributed by atoms with Crippen LogP contribution < -0.4 is 10.6 Å². The zero-order chi connectivity index (χ0) is 13.7. The third-order valence-corrected chi connectivity index (χ3v) is 4.46. The molecule has 1 aliphatic carbocycles. The zero-order valence-electron chi connectivity index (χ0n) is 12.1. The van der Waals surface area contributed by atoms with Crippen molar-refractivity contribution in [2.24, 2.45) is 5.92 Å². The third-order valence-electron chi connectivity index (χ3n) is 3.91. The molecule has 0 radical (unpaired) electrons. The van der Waals surface area contributed by atoms with E-state index in [4.69, 9.17) is 0 Å². The highest BCUT2D eigenvalue weighted by molar-refractivity contribution is 7.98. The lowest BCUT2D eigenvalue weighted by Crippen LogP contribution is -2.32. The normalized spacial score (nSPS) is 23.1. The van der Waals surface area contributed by atoms with E-state index < -0.39 is 0 Å². The van der Waals surface area contributed by atoms with E-state index in [9.17, 15) is 0 Å². The van der Waals surface area contributed by atoms with Crippen molar-refractivity contribution in [3.05, 3.63) is 6.07 Å². The highest BCUT2D eigenvalue weighted by atomic mass is 32.2. The molecule has 0 aromatic carbocycles. The van der Waals surface area contributed by atoms with Crippen molar-refractivity contribution in [2.45, 2.75) is 50.2 Å². The number of aromatic nitrogens is 2. The van der Waals surface area contributed by atoms with Gasteiger partial charge < -0.3 is 10.6 Å². The van der Waals surface area contributed by atoms with E-state index in [1.807, 2.05) is 19.4 Å². The van der Waals surface area contributed by atoms with Crippen LogP contribution in [0.1, 0.15) is 39.0 Å². The number of nitrogens with zero attached hydrogens (tertiary/aromatic N) is 2. The van der Waals surface area contributed by atoms with Gasteiger partial charge in [0, 0.05) is 19.2 Å². The van der Waals surface area contributed by atoms with Gasteiger partial charge in [-0.1, -0.05) is 37.9 Å². The number of rotatable bonds is 5. The topological polar surface area (TPSA) is 49.8 Å². The maximum atomic E-state index is 4.56. The van der Waals surface area contributed by atoms with Crippen LogP contribution in [-0.4, -0.2) is 29.3 Å². The van der Waals surface area contributed by atoms with Crippen LogP contribution in [-0.2, 0) is 0 Å². The SMILES string of the molecule is CCC1CCCCC1Nc1cc(NC)nc(SC)n1. The van der Waals surface area contributed by atoms with E-state index in [2.05, 4.69) is 27.5 Å². The summed E-state index contributed by atoms with van der Waals surface area (Å²) in [5.74, 6) is 2.61. The quantitative estimate of drug-likeness (QED) is 0.637. The maximum absolute atomic E-state index is 4.56.